The number of aromatic nitrogens is 1. The molecule has 1 aromatic carbocycles. The number of pyridine rings is 1. The van der Waals surface area contributed by atoms with E-state index >= 15 is 0 Å². The van der Waals surface area contributed by atoms with Crippen molar-refractivity contribution in [2.24, 2.45) is 0 Å². The van der Waals surface area contributed by atoms with Crippen molar-refractivity contribution in [3.05, 3.63) is 50.7 Å². The molecule has 1 unspecified atom stereocenters. The molecular weight excluding hydrogens is 529 g/mol. The van der Waals surface area contributed by atoms with Gasteiger partial charge < -0.3 is 14.3 Å². The summed E-state index contributed by atoms with van der Waals surface area (Å²) in [5.74, 6) is 0.184. The minimum absolute atomic E-state index is 0.157. The average molecular weight is 554 g/mol. The van der Waals surface area contributed by atoms with Crippen LogP contribution in [0.25, 0.3) is 22.4 Å². The number of hydrogen-bond donors (Lipinski definition) is 1. The molecule has 0 saturated heterocycles. The van der Waals surface area contributed by atoms with Crippen LogP contribution in [0.1, 0.15) is 47.8 Å². The summed E-state index contributed by atoms with van der Waals surface area (Å²) in [5, 5.41) is 3.27. The molecule has 0 aliphatic rings. The Morgan fingerprint density at radius 2 is 2.00 bits per heavy atom. The van der Waals surface area contributed by atoms with Gasteiger partial charge in [-0.05, 0) is 42.0 Å². The van der Waals surface area contributed by atoms with Crippen LogP contribution in [0, 0.1) is 10.5 Å². The van der Waals surface area contributed by atoms with Crippen molar-refractivity contribution in [2.45, 2.75) is 39.7 Å². The van der Waals surface area contributed by atoms with E-state index in [2.05, 4.69) is 39.8 Å². The van der Waals surface area contributed by atoms with E-state index in [0.29, 0.717) is 34.7 Å². The second-order valence-corrected chi connectivity index (χ2v) is 9.42. The Morgan fingerprint density at radius 3 is 2.61 bits per heavy atom. The zero-order valence-corrected chi connectivity index (χ0v) is 20.7. The molecule has 0 aliphatic carbocycles. The van der Waals surface area contributed by atoms with E-state index in [1.165, 1.54) is 4.31 Å². The van der Waals surface area contributed by atoms with Crippen molar-refractivity contribution in [3.63, 3.8) is 0 Å². The number of furan rings is 1. The first-order valence-corrected chi connectivity index (χ1v) is 12.2. The van der Waals surface area contributed by atoms with Crippen molar-refractivity contribution >= 4 is 50.9 Å². The summed E-state index contributed by atoms with van der Waals surface area (Å²) >= 11 is -0.217. The van der Waals surface area contributed by atoms with Crippen molar-refractivity contribution in [2.75, 3.05) is 13.6 Å². The largest absolute Gasteiger partial charge is 0.760 e. The normalized spacial score (nSPS) is 12.5. The van der Waals surface area contributed by atoms with Crippen LogP contribution >= 0.6 is 22.6 Å². The fraction of sp³-hybridized carbons (Fsp3) is 0.364. The Balaban J connectivity index is 2.05. The Hall–Kier alpha value is -1.82. The molecular formula is C22H25IN3O4S-. The molecule has 166 valence electrons. The standard InChI is InChI=1S/C22H26IN3O4S/c1-4-5-6-11-26(31(28)29)13-18-17(23)12-16-19(21(27)24-3)20(30-22(16)25-18)15-9-7-14(2)8-10-15/h7-10,12H,4-6,11,13H2,1-3H3,(H,24,27)(H,28,29)/p-1. The van der Waals surface area contributed by atoms with Gasteiger partial charge in [0.15, 0.2) is 0 Å². The van der Waals surface area contributed by atoms with Crippen LogP contribution in [-0.4, -0.2) is 37.6 Å². The molecule has 1 amide bonds. The van der Waals surface area contributed by atoms with Gasteiger partial charge in [0.2, 0.25) is 5.71 Å². The molecule has 2 heterocycles. The molecule has 2 aromatic heterocycles. The summed E-state index contributed by atoms with van der Waals surface area (Å²) in [6.45, 7) is 4.66. The number of nitrogens with zero attached hydrogens (tertiary/aromatic N) is 2. The fourth-order valence-electron chi connectivity index (χ4n) is 3.32. The van der Waals surface area contributed by atoms with Gasteiger partial charge in [0, 0.05) is 34.0 Å². The van der Waals surface area contributed by atoms with Crippen molar-refractivity contribution < 1.29 is 18.0 Å². The van der Waals surface area contributed by atoms with Gasteiger partial charge in [0.25, 0.3) is 5.91 Å². The molecule has 9 heteroatoms. The van der Waals surface area contributed by atoms with Gasteiger partial charge in [-0.1, -0.05) is 49.6 Å². The first kappa shape index (κ1) is 23.8. The summed E-state index contributed by atoms with van der Waals surface area (Å²) in [5.41, 5.74) is 3.22. The van der Waals surface area contributed by atoms with Gasteiger partial charge in [0.1, 0.15) is 5.76 Å². The third-order valence-electron chi connectivity index (χ3n) is 5.02. The number of amides is 1. The smallest absolute Gasteiger partial charge is 0.255 e. The molecule has 31 heavy (non-hydrogen) atoms. The van der Waals surface area contributed by atoms with Gasteiger partial charge >= 0.3 is 0 Å². The number of carbonyl (C=O) groups excluding carboxylic acids is 1. The maximum atomic E-state index is 12.7. The number of nitrogens with one attached hydrogen (secondary N) is 1. The number of unbranched alkanes of at least 4 members (excludes halogenated alkanes) is 2. The Kier molecular flexibility index (Phi) is 8.20. The van der Waals surface area contributed by atoms with Crippen LogP contribution in [0.3, 0.4) is 0 Å². The second-order valence-electron chi connectivity index (χ2n) is 7.31. The van der Waals surface area contributed by atoms with Crippen LogP contribution in [0.2, 0.25) is 0 Å². The van der Waals surface area contributed by atoms with Crippen LogP contribution in [0.5, 0.6) is 0 Å². The Labute approximate surface area is 198 Å². The molecule has 0 saturated carbocycles. The molecule has 7 nitrogen and oxygen atoms in total. The number of halogens is 1. The van der Waals surface area contributed by atoms with E-state index in [4.69, 9.17) is 4.42 Å². The number of rotatable bonds is 9. The third kappa shape index (κ3) is 5.51. The summed E-state index contributed by atoms with van der Waals surface area (Å²) in [7, 11) is 1.57. The first-order chi connectivity index (χ1) is 14.8. The van der Waals surface area contributed by atoms with Gasteiger partial charge in [-0.3, -0.25) is 9.00 Å². The molecule has 0 radical (unpaired) electrons. The highest BCUT2D eigenvalue weighted by atomic mass is 127. The average Bonchev–Trinajstić information content (AvgIpc) is 3.11. The summed E-state index contributed by atoms with van der Waals surface area (Å²) in [6, 6.07) is 9.55. The molecule has 1 N–H and O–H groups in total. The van der Waals surface area contributed by atoms with Crippen molar-refractivity contribution in [1.29, 1.82) is 0 Å². The molecule has 3 rings (SSSR count). The van der Waals surface area contributed by atoms with E-state index in [0.717, 1.165) is 34.0 Å². The number of aryl methyl sites for hydroxylation is 1. The lowest BCUT2D eigenvalue weighted by Gasteiger charge is -2.24. The zero-order chi connectivity index (χ0) is 22.5. The summed E-state index contributed by atoms with van der Waals surface area (Å²) < 4.78 is 31.6. The SMILES string of the molecule is CCCCCN(Cc1nc2oc(-c3ccc(C)cc3)c(C(=O)NC)c2cc1I)S(=O)[O-]. The molecule has 1 atom stereocenters. The van der Waals surface area contributed by atoms with Gasteiger partial charge in [-0.2, -0.15) is 0 Å². The summed E-state index contributed by atoms with van der Waals surface area (Å²) in [6.07, 6.45) is 2.77. The van der Waals surface area contributed by atoms with E-state index in [9.17, 15) is 13.6 Å². The van der Waals surface area contributed by atoms with Crippen LogP contribution < -0.4 is 5.32 Å². The highest BCUT2D eigenvalue weighted by Crippen LogP contribution is 2.34. The number of fused-ring (bicyclic) bond motifs is 1. The maximum Gasteiger partial charge on any atom is 0.255 e. The van der Waals surface area contributed by atoms with E-state index in [1.54, 1.807) is 7.05 Å². The first-order valence-electron chi connectivity index (χ1n) is 10.1. The lowest BCUT2D eigenvalue weighted by atomic mass is 10.0. The predicted molar refractivity (Wildman–Crippen MR) is 129 cm³/mol. The monoisotopic (exact) mass is 554 g/mol. The highest BCUT2D eigenvalue weighted by Gasteiger charge is 2.24. The minimum atomic E-state index is -2.34. The topological polar surface area (TPSA) is 98.5 Å². The third-order valence-corrected chi connectivity index (χ3v) is 6.69. The van der Waals surface area contributed by atoms with Gasteiger partial charge in [-0.15, -0.1) is 0 Å². The molecule has 0 spiro atoms. The van der Waals surface area contributed by atoms with Crippen LogP contribution in [-0.2, 0) is 17.8 Å². The minimum Gasteiger partial charge on any atom is -0.760 e. The number of carbonyl (C=O) groups is 1. The van der Waals surface area contributed by atoms with Crippen molar-refractivity contribution in [1.82, 2.24) is 14.6 Å². The zero-order valence-electron chi connectivity index (χ0n) is 17.7. The van der Waals surface area contributed by atoms with E-state index in [1.807, 2.05) is 37.3 Å². The number of hydrogen-bond acceptors (Lipinski definition) is 5. The fourth-order valence-corrected chi connectivity index (χ4v) is 4.42. The number of benzene rings is 1. The van der Waals surface area contributed by atoms with Crippen LogP contribution in [0.4, 0.5) is 0 Å². The lowest BCUT2D eigenvalue weighted by Crippen LogP contribution is -2.27. The van der Waals surface area contributed by atoms with E-state index in [-0.39, 0.29) is 12.5 Å². The lowest BCUT2D eigenvalue weighted by molar-refractivity contribution is 0.0964. The van der Waals surface area contributed by atoms with Gasteiger partial charge in [-0.25, -0.2) is 9.29 Å². The second kappa shape index (κ2) is 10.7. The molecule has 0 aliphatic heterocycles. The predicted octanol–water partition coefficient (Wildman–Crippen LogP) is 4.55. The maximum absolute atomic E-state index is 12.7. The quantitative estimate of drug-likeness (QED) is 0.238. The molecule has 0 bridgehead atoms. The van der Waals surface area contributed by atoms with Crippen molar-refractivity contribution in [3.8, 4) is 11.3 Å². The Morgan fingerprint density at radius 1 is 1.29 bits per heavy atom. The highest BCUT2D eigenvalue weighted by molar-refractivity contribution is 14.1. The van der Waals surface area contributed by atoms with Crippen LogP contribution in [0.15, 0.2) is 34.7 Å². The van der Waals surface area contributed by atoms with Gasteiger partial charge in [0.05, 0.1) is 23.2 Å². The Bertz CT molecular complexity index is 1100. The molecule has 0 fully saturated rings. The molecule has 3 aromatic rings. The summed E-state index contributed by atoms with van der Waals surface area (Å²) in [4.78, 5) is 17.3. The van der Waals surface area contributed by atoms with E-state index < -0.39 is 11.3 Å².